The minimum atomic E-state index is -5.08. The van der Waals surface area contributed by atoms with Gasteiger partial charge in [-0.2, -0.15) is 32.1 Å². The molecule has 2 aliphatic carbocycles. The summed E-state index contributed by atoms with van der Waals surface area (Å²) in [5, 5.41) is 19.6. The number of alkyl halides is 5. The fraction of sp³-hybridized carbons (Fsp3) is 0.351. The van der Waals surface area contributed by atoms with E-state index in [1.807, 2.05) is 0 Å². The molecule has 58 heavy (non-hydrogen) atoms. The fourth-order valence-corrected chi connectivity index (χ4v) is 8.08. The zero-order chi connectivity index (χ0) is 41.9. The number of benzene rings is 2. The van der Waals surface area contributed by atoms with Gasteiger partial charge in [-0.15, -0.1) is 0 Å². The Morgan fingerprint density at radius 2 is 1.83 bits per heavy atom. The van der Waals surface area contributed by atoms with E-state index in [0.717, 1.165) is 18.4 Å². The number of carbonyl (C=O) groups excluding carboxylic acids is 1. The number of ether oxygens (including phenoxy) is 1. The first-order chi connectivity index (χ1) is 27.3. The molecule has 1 amide bonds. The van der Waals surface area contributed by atoms with Gasteiger partial charge in [0, 0.05) is 35.7 Å². The summed E-state index contributed by atoms with van der Waals surface area (Å²) in [6.45, 7) is -1.48. The zero-order valence-corrected chi connectivity index (χ0v) is 31.8. The van der Waals surface area contributed by atoms with Crippen molar-refractivity contribution in [3.05, 3.63) is 93.0 Å². The van der Waals surface area contributed by atoms with Crippen molar-refractivity contribution >= 4 is 44.3 Å². The van der Waals surface area contributed by atoms with Gasteiger partial charge in [0.15, 0.2) is 11.5 Å². The zero-order valence-electron chi connectivity index (χ0n) is 30.3. The summed E-state index contributed by atoms with van der Waals surface area (Å²) >= 11 is 6.56. The van der Waals surface area contributed by atoms with Gasteiger partial charge < -0.3 is 15.2 Å². The number of aromatic nitrogens is 5. The number of nitrogens with one attached hydrogen (secondary N) is 2. The van der Waals surface area contributed by atoms with E-state index in [2.05, 4.69) is 37.1 Å². The maximum Gasteiger partial charge on any atom is 0.435 e. The van der Waals surface area contributed by atoms with Crippen LogP contribution in [0.5, 0.6) is 0 Å². The Kier molecular flexibility index (Phi) is 10.7. The molecule has 1 saturated carbocycles. The normalized spacial score (nSPS) is 17.4. The van der Waals surface area contributed by atoms with Crippen LogP contribution in [0.2, 0.25) is 5.02 Å². The first-order valence-electron chi connectivity index (χ1n) is 17.4. The third-order valence-electron chi connectivity index (χ3n) is 9.58. The van der Waals surface area contributed by atoms with Crippen LogP contribution in [0.4, 0.5) is 36.6 Å². The number of nitrogens with zero attached hydrogens (tertiary/aromatic N) is 5. The number of pyridine rings is 1. The number of carbonyl (C=O) groups is 1. The van der Waals surface area contributed by atoms with Crippen LogP contribution in [-0.4, -0.2) is 70.1 Å². The number of rotatable bonds is 12. The number of aryl methyl sites for hydroxylation is 1. The standard InChI is InChI=1S/C37H31ClF7N7O5S/c1-51-32-23(7-8-26(38)30(32)35(49-51)50-58(2,55)56)22-6-5-21(4-3-10-57-11-9-53)46-31(22)27(14-18-12-19(39)15-20(40)13-18)47-28(54)17-52-34-29(33(48-52)37(43,44)45)24-16-25(24)36(34,41)42/h5-8,12-13,15,24-25,27,53H,9-11,14,16-17H2,1-2H3,(H,47,54)(H,49,50)/t24-,25+,27-/m0/s1. The molecule has 3 heterocycles. The van der Waals surface area contributed by atoms with Crippen molar-refractivity contribution in [1.82, 2.24) is 29.9 Å². The van der Waals surface area contributed by atoms with Gasteiger partial charge in [0.25, 0.3) is 5.92 Å². The topological polar surface area (TPSA) is 153 Å². The van der Waals surface area contributed by atoms with Crippen molar-refractivity contribution in [3.63, 3.8) is 0 Å². The Balaban J connectivity index is 1.37. The molecule has 2 aromatic carbocycles. The second-order valence-electron chi connectivity index (χ2n) is 13.8. The van der Waals surface area contributed by atoms with Crippen LogP contribution in [0, 0.1) is 29.4 Å². The van der Waals surface area contributed by atoms with Crippen LogP contribution in [0.25, 0.3) is 22.0 Å². The molecule has 3 N–H and O–H groups in total. The van der Waals surface area contributed by atoms with Crippen LogP contribution >= 0.6 is 11.6 Å². The van der Waals surface area contributed by atoms with E-state index in [9.17, 15) is 35.2 Å². The predicted octanol–water partition coefficient (Wildman–Crippen LogP) is 5.82. The molecule has 0 aliphatic heterocycles. The molecule has 0 saturated heterocycles. The smallest absolute Gasteiger partial charge is 0.394 e. The van der Waals surface area contributed by atoms with Gasteiger partial charge in [-0.05, 0) is 60.6 Å². The molecule has 12 nitrogen and oxygen atoms in total. The van der Waals surface area contributed by atoms with Crippen molar-refractivity contribution in [3.8, 4) is 23.0 Å². The molecule has 5 aromatic rings. The van der Waals surface area contributed by atoms with Gasteiger partial charge in [-0.3, -0.25) is 18.9 Å². The number of aliphatic hydroxyl groups excluding tert-OH is 1. The van der Waals surface area contributed by atoms with E-state index in [-0.39, 0.29) is 70.5 Å². The summed E-state index contributed by atoms with van der Waals surface area (Å²) in [5.41, 5.74) is -2.27. The van der Waals surface area contributed by atoms with Gasteiger partial charge in [-0.25, -0.2) is 22.2 Å². The lowest BCUT2D eigenvalue weighted by Crippen LogP contribution is -2.35. The maximum absolute atomic E-state index is 15.4. The summed E-state index contributed by atoms with van der Waals surface area (Å²) in [4.78, 5) is 18.6. The van der Waals surface area contributed by atoms with Crippen molar-refractivity contribution in [1.29, 1.82) is 0 Å². The van der Waals surface area contributed by atoms with E-state index < -0.39 is 87.5 Å². The second-order valence-corrected chi connectivity index (χ2v) is 16.0. The summed E-state index contributed by atoms with van der Waals surface area (Å²) in [5.74, 6) is -3.75. The summed E-state index contributed by atoms with van der Waals surface area (Å²) in [6.07, 6.45) is -4.73. The van der Waals surface area contributed by atoms with Crippen LogP contribution in [0.3, 0.4) is 0 Å². The molecule has 3 atom stereocenters. The third kappa shape index (κ3) is 8.08. The summed E-state index contributed by atoms with van der Waals surface area (Å²) < 4.78 is 136. The van der Waals surface area contributed by atoms with Gasteiger partial charge in [0.2, 0.25) is 15.9 Å². The van der Waals surface area contributed by atoms with Crippen LogP contribution in [0.15, 0.2) is 42.5 Å². The number of amides is 1. The Morgan fingerprint density at radius 1 is 1.12 bits per heavy atom. The lowest BCUT2D eigenvalue weighted by molar-refractivity contribution is -0.142. The first-order valence-corrected chi connectivity index (χ1v) is 19.7. The van der Waals surface area contributed by atoms with Crippen molar-refractivity contribution in [2.45, 2.75) is 43.4 Å². The van der Waals surface area contributed by atoms with Gasteiger partial charge in [-0.1, -0.05) is 23.6 Å². The highest BCUT2D eigenvalue weighted by molar-refractivity contribution is 7.92. The Hall–Kier alpha value is -5.23. The monoisotopic (exact) mass is 853 g/mol. The number of halogens is 8. The number of aliphatic hydroxyl groups is 1. The molecule has 21 heteroatoms. The third-order valence-corrected chi connectivity index (χ3v) is 10.5. The highest BCUT2D eigenvalue weighted by Gasteiger charge is 2.68. The average molecular weight is 854 g/mol. The summed E-state index contributed by atoms with van der Waals surface area (Å²) in [6, 6.07) is 7.22. The predicted molar refractivity (Wildman–Crippen MR) is 195 cm³/mol. The molecule has 3 aromatic heterocycles. The van der Waals surface area contributed by atoms with Crippen molar-refractivity contribution in [2.24, 2.45) is 13.0 Å². The number of anilines is 1. The van der Waals surface area contributed by atoms with E-state index in [1.54, 1.807) is 6.07 Å². The molecule has 0 radical (unpaired) electrons. The largest absolute Gasteiger partial charge is 0.435 e. The number of sulfonamides is 1. The quantitative estimate of drug-likeness (QED) is 0.0807. The SMILES string of the molecule is Cn1nc(NS(C)(=O)=O)c2c(Cl)ccc(-c3ccc(C#CCOCCO)nc3[C@H](Cc3cc(F)cc(F)c3)NC(=O)Cn3nc(C(F)(F)F)c4c3C(F)(F)[C@@H]3C[C@H]43)c21. The number of hydrogen-bond acceptors (Lipinski definition) is 8. The molecular formula is C37H31ClF7N7O5S. The minimum absolute atomic E-state index is 0.00294. The fourth-order valence-electron chi connectivity index (χ4n) is 7.34. The molecule has 0 bridgehead atoms. The first kappa shape index (κ1) is 40.9. The second kappa shape index (κ2) is 15.2. The number of hydrogen-bond donors (Lipinski definition) is 3. The Labute approximate surface area is 330 Å². The van der Waals surface area contributed by atoms with Crippen LogP contribution < -0.4 is 10.0 Å². The highest BCUT2D eigenvalue weighted by atomic mass is 35.5. The molecular weight excluding hydrogens is 823 g/mol. The van der Waals surface area contributed by atoms with Gasteiger partial charge in [0.1, 0.15) is 36.2 Å². The maximum atomic E-state index is 15.4. The Morgan fingerprint density at radius 3 is 2.50 bits per heavy atom. The van der Waals surface area contributed by atoms with Gasteiger partial charge >= 0.3 is 6.18 Å². The lowest BCUT2D eigenvalue weighted by atomic mass is 9.93. The lowest BCUT2D eigenvalue weighted by Gasteiger charge is -2.23. The highest BCUT2D eigenvalue weighted by Crippen LogP contribution is 2.68. The van der Waals surface area contributed by atoms with E-state index in [0.29, 0.717) is 16.3 Å². The van der Waals surface area contributed by atoms with E-state index in [1.165, 1.54) is 29.9 Å². The molecule has 1 fully saturated rings. The number of fused-ring (bicyclic) bond motifs is 4. The molecule has 2 aliphatic rings. The Bertz CT molecular complexity index is 2620. The molecule has 7 rings (SSSR count). The molecule has 0 spiro atoms. The minimum Gasteiger partial charge on any atom is -0.394 e. The molecule has 0 unspecified atom stereocenters. The van der Waals surface area contributed by atoms with Crippen molar-refractivity contribution in [2.75, 3.05) is 30.8 Å². The van der Waals surface area contributed by atoms with Crippen molar-refractivity contribution < 1.29 is 53.8 Å². The average Bonchev–Trinajstić information content (AvgIpc) is 3.65. The van der Waals surface area contributed by atoms with Crippen LogP contribution in [-0.2, 0) is 51.7 Å². The summed E-state index contributed by atoms with van der Waals surface area (Å²) in [7, 11) is -2.35. The van der Waals surface area contributed by atoms with E-state index in [4.69, 9.17) is 21.4 Å². The van der Waals surface area contributed by atoms with Gasteiger partial charge in [0.05, 0.1) is 47.1 Å². The van der Waals surface area contributed by atoms with Crippen LogP contribution in [0.1, 0.15) is 52.3 Å². The van der Waals surface area contributed by atoms with E-state index >= 15 is 8.78 Å². The molecule has 306 valence electrons.